The lowest BCUT2D eigenvalue weighted by atomic mass is 10.1. The minimum atomic E-state index is -1.48. The largest absolute Gasteiger partial charge is 0.414 e. The summed E-state index contributed by atoms with van der Waals surface area (Å²) >= 11 is 0. The second-order valence-electron chi connectivity index (χ2n) is 4.52. The van der Waals surface area contributed by atoms with E-state index in [-0.39, 0.29) is 12.0 Å². The fraction of sp³-hybridized carbons (Fsp3) is 0.917. The first-order valence-electron chi connectivity index (χ1n) is 6.16. The molecule has 0 N–H and O–H groups in total. The molecule has 2 nitrogen and oxygen atoms in total. The summed E-state index contributed by atoms with van der Waals surface area (Å²) in [6.45, 7) is 10.8. The predicted octanol–water partition coefficient (Wildman–Crippen LogP) is 3.62. The van der Waals surface area contributed by atoms with E-state index in [0.29, 0.717) is 0 Å². The molecule has 2 atom stereocenters. The molecule has 0 aromatic rings. The number of hydrogen-bond acceptors (Lipinski definition) is 2. The van der Waals surface area contributed by atoms with Crippen molar-refractivity contribution in [1.29, 1.82) is 0 Å². The third-order valence-electron chi connectivity index (χ3n) is 3.32. The van der Waals surface area contributed by atoms with Gasteiger partial charge in [-0.1, -0.05) is 27.7 Å². The van der Waals surface area contributed by atoms with Crippen LogP contribution < -0.4 is 0 Å². The third kappa shape index (κ3) is 4.93. The highest BCUT2D eigenvalue weighted by Crippen LogP contribution is 2.24. The molecule has 0 unspecified atom stereocenters. The molecular weight excluding hydrogens is 204 g/mol. The average Bonchev–Trinajstić information content (AvgIpc) is 2.26. The van der Waals surface area contributed by atoms with Crippen molar-refractivity contribution in [1.82, 2.24) is 0 Å². The van der Waals surface area contributed by atoms with Crippen LogP contribution in [0.4, 0.5) is 0 Å². The van der Waals surface area contributed by atoms with E-state index in [4.69, 9.17) is 4.43 Å². The molecule has 0 heterocycles. The third-order valence-corrected chi connectivity index (χ3v) is 8.09. The lowest BCUT2D eigenvalue weighted by molar-refractivity contribution is -0.111. The van der Waals surface area contributed by atoms with Gasteiger partial charge in [0.1, 0.15) is 6.29 Å². The fourth-order valence-electron chi connectivity index (χ4n) is 2.05. The van der Waals surface area contributed by atoms with E-state index in [1.54, 1.807) is 0 Å². The molecule has 0 aliphatic rings. The lowest BCUT2D eigenvalue weighted by Gasteiger charge is -2.32. The van der Waals surface area contributed by atoms with Crippen LogP contribution in [0.2, 0.25) is 18.1 Å². The van der Waals surface area contributed by atoms with Crippen molar-refractivity contribution >= 4 is 14.6 Å². The van der Waals surface area contributed by atoms with E-state index in [9.17, 15) is 4.79 Å². The van der Waals surface area contributed by atoms with Gasteiger partial charge in [0.15, 0.2) is 8.32 Å². The van der Waals surface area contributed by atoms with Crippen molar-refractivity contribution in [2.45, 2.75) is 65.3 Å². The molecule has 90 valence electrons. The van der Waals surface area contributed by atoms with Gasteiger partial charge in [-0.25, -0.2) is 0 Å². The second kappa shape index (κ2) is 7.18. The summed E-state index contributed by atoms with van der Waals surface area (Å²) in [5, 5.41) is 0. The molecule has 0 aromatic carbocycles. The molecule has 15 heavy (non-hydrogen) atoms. The van der Waals surface area contributed by atoms with E-state index < -0.39 is 8.32 Å². The first-order chi connectivity index (χ1) is 7.03. The molecule has 0 saturated carbocycles. The normalized spacial score (nSPS) is 16.1. The van der Waals surface area contributed by atoms with E-state index >= 15 is 0 Å². The van der Waals surface area contributed by atoms with Gasteiger partial charge in [0, 0.05) is 12.0 Å². The van der Waals surface area contributed by atoms with Crippen LogP contribution in [0.15, 0.2) is 0 Å². The van der Waals surface area contributed by atoms with Crippen molar-refractivity contribution in [3.8, 4) is 0 Å². The van der Waals surface area contributed by atoms with Crippen LogP contribution in [0.1, 0.15) is 41.0 Å². The Labute approximate surface area is 95.5 Å². The smallest absolute Gasteiger partial charge is 0.192 e. The number of hydrogen-bond donors (Lipinski definition) is 0. The van der Waals surface area contributed by atoms with Crippen molar-refractivity contribution in [3.63, 3.8) is 0 Å². The summed E-state index contributed by atoms with van der Waals surface area (Å²) in [5.74, 6) is 0.122. The lowest BCUT2D eigenvalue weighted by Crippen LogP contribution is -2.39. The fourth-order valence-corrected chi connectivity index (χ4v) is 5.00. The molecule has 0 aromatic heterocycles. The minimum absolute atomic E-state index is 0.122. The summed E-state index contributed by atoms with van der Waals surface area (Å²) in [5.41, 5.74) is 0. The van der Waals surface area contributed by atoms with Crippen molar-refractivity contribution in [2.24, 2.45) is 5.92 Å². The van der Waals surface area contributed by atoms with Gasteiger partial charge in [0.25, 0.3) is 0 Å². The van der Waals surface area contributed by atoms with Crippen LogP contribution in [0.25, 0.3) is 0 Å². The predicted molar refractivity (Wildman–Crippen MR) is 67.6 cm³/mol. The zero-order valence-corrected chi connectivity index (χ0v) is 11.9. The van der Waals surface area contributed by atoms with E-state index in [1.165, 1.54) is 18.1 Å². The molecule has 0 saturated heterocycles. The zero-order valence-electron chi connectivity index (χ0n) is 10.9. The van der Waals surface area contributed by atoms with Gasteiger partial charge in [0.2, 0.25) is 0 Å². The van der Waals surface area contributed by atoms with Crippen LogP contribution >= 0.6 is 0 Å². The Kier molecular flexibility index (Phi) is 7.10. The number of carbonyl (C=O) groups excluding carboxylic acids is 1. The van der Waals surface area contributed by atoms with Crippen LogP contribution in [-0.2, 0) is 9.22 Å². The first kappa shape index (κ1) is 14.8. The molecule has 0 fully saturated rings. The summed E-state index contributed by atoms with van der Waals surface area (Å²) in [6, 6.07) is 3.54. The topological polar surface area (TPSA) is 26.3 Å². The molecule has 0 aliphatic carbocycles. The Hall–Kier alpha value is -0.153. The Morgan fingerprint density at radius 1 is 1.13 bits per heavy atom. The molecule has 3 heteroatoms. The van der Waals surface area contributed by atoms with E-state index in [2.05, 4.69) is 27.7 Å². The standard InChI is InChI=1S/C12H26O2Si/c1-6-15(7-2,8-3)14-12(5)9-11(4)10-13/h10-12H,6-9H2,1-5H3/t11-,12+/m0/s1. The van der Waals surface area contributed by atoms with Crippen LogP contribution in [-0.4, -0.2) is 20.7 Å². The van der Waals surface area contributed by atoms with Gasteiger partial charge in [-0.05, 0) is 31.5 Å². The van der Waals surface area contributed by atoms with Gasteiger partial charge in [-0.2, -0.15) is 0 Å². The van der Waals surface area contributed by atoms with Crippen molar-refractivity contribution in [3.05, 3.63) is 0 Å². The quantitative estimate of drug-likeness (QED) is 0.470. The number of rotatable bonds is 8. The summed E-state index contributed by atoms with van der Waals surface area (Å²) in [4.78, 5) is 10.6. The molecule has 0 aliphatic heterocycles. The number of aldehydes is 1. The summed E-state index contributed by atoms with van der Waals surface area (Å²) in [7, 11) is -1.48. The van der Waals surface area contributed by atoms with Gasteiger partial charge in [0.05, 0.1) is 0 Å². The van der Waals surface area contributed by atoms with Crippen molar-refractivity contribution in [2.75, 3.05) is 0 Å². The Morgan fingerprint density at radius 2 is 1.60 bits per heavy atom. The molecular formula is C12H26O2Si. The van der Waals surface area contributed by atoms with Crippen LogP contribution in [0.5, 0.6) is 0 Å². The molecule has 0 rings (SSSR count). The van der Waals surface area contributed by atoms with Crippen LogP contribution in [0, 0.1) is 5.92 Å². The molecule has 0 amide bonds. The average molecular weight is 230 g/mol. The maximum Gasteiger partial charge on any atom is 0.192 e. The highest BCUT2D eigenvalue weighted by molar-refractivity contribution is 6.73. The minimum Gasteiger partial charge on any atom is -0.414 e. The van der Waals surface area contributed by atoms with E-state index in [1.807, 2.05) is 6.92 Å². The SMILES string of the molecule is CC[Si](CC)(CC)O[C@H](C)C[C@H](C)C=O. The van der Waals surface area contributed by atoms with Crippen molar-refractivity contribution < 1.29 is 9.22 Å². The Bertz CT molecular complexity index is 170. The second-order valence-corrected chi connectivity index (χ2v) is 9.24. The molecule has 0 bridgehead atoms. The van der Waals surface area contributed by atoms with Gasteiger partial charge < -0.3 is 9.22 Å². The molecule has 0 spiro atoms. The van der Waals surface area contributed by atoms with Gasteiger partial charge in [-0.15, -0.1) is 0 Å². The summed E-state index contributed by atoms with van der Waals surface area (Å²) < 4.78 is 6.24. The maximum atomic E-state index is 10.6. The zero-order chi connectivity index (χ0) is 11.9. The summed E-state index contributed by atoms with van der Waals surface area (Å²) in [6.07, 6.45) is 2.11. The van der Waals surface area contributed by atoms with Crippen LogP contribution in [0.3, 0.4) is 0 Å². The van der Waals surface area contributed by atoms with Gasteiger partial charge in [-0.3, -0.25) is 0 Å². The molecule has 0 radical (unpaired) electrons. The Balaban J connectivity index is 4.22. The monoisotopic (exact) mass is 230 g/mol. The van der Waals surface area contributed by atoms with Gasteiger partial charge >= 0.3 is 0 Å². The van der Waals surface area contributed by atoms with E-state index in [0.717, 1.165) is 12.7 Å². The number of carbonyl (C=O) groups is 1. The maximum absolute atomic E-state index is 10.6. The highest BCUT2D eigenvalue weighted by atomic mass is 28.4. The highest BCUT2D eigenvalue weighted by Gasteiger charge is 2.30. The Morgan fingerprint density at radius 3 is 1.93 bits per heavy atom. The first-order valence-corrected chi connectivity index (χ1v) is 8.69.